The first-order valence-electron chi connectivity index (χ1n) is 8.52. The highest BCUT2D eigenvalue weighted by molar-refractivity contribution is 6.31. The Morgan fingerprint density at radius 3 is 2.21 bits per heavy atom. The van der Waals surface area contributed by atoms with Crippen LogP contribution in [0, 0.1) is 6.92 Å². The molecule has 3 rings (SSSR count). The Hall–Kier alpha value is -3.25. The molecule has 1 heterocycles. The molecule has 0 saturated carbocycles. The number of benzene rings is 2. The van der Waals surface area contributed by atoms with Crippen LogP contribution in [-0.4, -0.2) is 25.1 Å². The lowest BCUT2D eigenvalue weighted by Crippen LogP contribution is -2.13. The van der Waals surface area contributed by atoms with E-state index in [-0.39, 0.29) is 5.91 Å². The second-order valence-electron chi connectivity index (χ2n) is 6.08. The Morgan fingerprint density at radius 1 is 0.964 bits per heavy atom. The first kappa shape index (κ1) is 19.5. The van der Waals surface area contributed by atoms with E-state index in [4.69, 9.17) is 21.1 Å². The fraction of sp³-hybridized carbons (Fsp3) is 0.143. The summed E-state index contributed by atoms with van der Waals surface area (Å²) in [5.74, 6) is 1.19. The fourth-order valence-corrected chi connectivity index (χ4v) is 2.69. The Labute approximate surface area is 168 Å². The lowest BCUT2D eigenvalue weighted by molar-refractivity contribution is 0.102. The van der Waals surface area contributed by atoms with Gasteiger partial charge in [-0.05, 0) is 48.9 Å². The predicted molar refractivity (Wildman–Crippen MR) is 111 cm³/mol. The van der Waals surface area contributed by atoms with E-state index in [0.29, 0.717) is 27.9 Å². The molecule has 28 heavy (non-hydrogen) atoms. The molecular formula is C21H20ClN3O3. The number of nitrogens with one attached hydrogen (secondary N) is 2. The molecule has 0 atom stereocenters. The van der Waals surface area contributed by atoms with Gasteiger partial charge in [-0.25, -0.2) is 4.98 Å². The number of carbonyl (C=O) groups is 1. The van der Waals surface area contributed by atoms with Gasteiger partial charge < -0.3 is 20.1 Å². The maximum absolute atomic E-state index is 12.5. The largest absolute Gasteiger partial charge is 0.497 e. The van der Waals surface area contributed by atoms with E-state index in [1.807, 2.05) is 31.2 Å². The summed E-state index contributed by atoms with van der Waals surface area (Å²) in [4.78, 5) is 16.8. The van der Waals surface area contributed by atoms with E-state index in [2.05, 4.69) is 15.6 Å². The van der Waals surface area contributed by atoms with Crippen molar-refractivity contribution in [3.05, 3.63) is 70.9 Å². The highest BCUT2D eigenvalue weighted by Crippen LogP contribution is 2.25. The third-order valence-corrected chi connectivity index (χ3v) is 4.49. The summed E-state index contributed by atoms with van der Waals surface area (Å²) in [5.41, 5.74) is 3.06. The molecule has 0 spiro atoms. The summed E-state index contributed by atoms with van der Waals surface area (Å²) in [6, 6.07) is 14.2. The van der Waals surface area contributed by atoms with Crippen molar-refractivity contribution in [3.63, 3.8) is 0 Å². The Kier molecular flexibility index (Phi) is 6.01. The van der Waals surface area contributed by atoms with Gasteiger partial charge in [-0.1, -0.05) is 17.7 Å². The van der Waals surface area contributed by atoms with Crippen molar-refractivity contribution < 1.29 is 14.3 Å². The molecule has 0 aliphatic rings. The zero-order valence-corrected chi connectivity index (χ0v) is 16.5. The molecule has 1 aromatic heterocycles. The molecule has 0 aliphatic carbocycles. The Morgan fingerprint density at radius 2 is 1.64 bits per heavy atom. The number of pyridine rings is 1. The zero-order chi connectivity index (χ0) is 20.1. The van der Waals surface area contributed by atoms with Gasteiger partial charge in [-0.15, -0.1) is 0 Å². The average Bonchev–Trinajstić information content (AvgIpc) is 2.71. The van der Waals surface area contributed by atoms with Gasteiger partial charge in [0.15, 0.2) is 0 Å². The average molecular weight is 398 g/mol. The summed E-state index contributed by atoms with van der Waals surface area (Å²) in [5, 5.41) is 6.67. The maximum Gasteiger partial charge on any atom is 0.257 e. The molecule has 1 amide bonds. The Bertz CT molecular complexity index is 968. The third kappa shape index (κ3) is 4.72. The van der Waals surface area contributed by atoms with Crippen LogP contribution in [-0.2, 0) is 0 Å². The Balaban J connectivity index is 1.70. The number of aromatic nitrogens is 1. The summed E-state index contributed by atoms with van der Waals surface area (Å²) in [6.45, 7) is 1.95. The van der Waals surface area contributed by atoms with Gasteiger partial charge in [0.1, 0.15) is 17.3 Å². The van der Waals surface area contributed by atoms with E-state index in [1.165, 1.54) is 14.2 Å². The van der Waals surface area contributed by atoms with Crippen LogP contribution in [0.4, 0.5) is 17.2 Å². The van der Waals surface area contributed by atoms with Crippen molar-refractivity contribution in [2.24, 2.45) is 0 Å². The molecule has 2 N–H and O–H groups in total. The van der Waals surface area contributed by atoms with Crippen molar-refractivity contribution in [1.82, 2.24) is 4.98 Å². The lowest BCUT2D eigenvalue weighted by Gasteiger charge is -2.10. The number of rotatable bonds is 6. The van der Waals surface area contributed by atoms with Crippen LogP contribution in [0.3, 0.4) is 0 Å². The zero-order valence-electron chi connectivity index (χ0n) is 15.7. The second kappa shape index (κ2) is 8.63. The van der Waals surface area contributed by atoms with Crippen molar-refractivity contribution in [2.45, 2.75) is 6.92 Å². The number of aryl methyl sites for hydroxylation is 1. The minimum absolute atomic E-state index is 0.310. The van der Waals surface area contributed by atoms with Crippen LogP contribution in [0.1, 0.15) is 15.9 Å². The quantitative estimate of drug-likeness (QED) is 0.608. The van der Waals surface area contributed by atoms with Crippen molar-refractivity contribution >= 4 is 34.7 Å². The minimum atomic E-state index is -0.310. The van der Waals surface area contributed by atoms with Crippen molar-refractivity contribution in [3.8, 4) is 11.5 Å². The molecule has 2 aromatic carbocycles. The lowest BCUT2D eigenvalue weighted by atomic mass is 10.2. The van der Waals surface area contributed by atoms with Gasteiger partial charge in [0, 0.05) is 22.3 Å². The summed E-state index contributed by atoms with van der Waals surface area (Å²) in [7, 11) is 3.07. The number of ether oxygens (including phenoxy) is 2. The van der Waals surface area contributed by atoms with Crippen LogP contribution in [0.2, 0.25) is 5.02 Å². The molecule has 3 aromatic rings. The SMILES string of the molecule is COc1cc(OC)cc(C(=O)Nc2ccc(Nc3ccc(C)c(Cl)c3)cn2)c1. The van der Waals surface area contributed by atoms with Gasteiger partial charge in [0.05, 0.1) is 26.1 Å². The van der Waals surface area contributed by atoms with E-state index < -0.39 is 0 Å². The third-order valence-electron chi connectivity index (χ3n) is 4.08. The number of methoxy groups -OCH3 is 2. The highest BCUT2D eigenvalue weighted by Gasteiger charge is 2.11. The molecule has 7 heteroatoms. The normalized spacial score (nSPS) is 10.3. The van der Waals surface area contributed by atoms with Gasteiger partial charge in [0.25, 0.3) is 5.91 Å². The summed E-state index contributed by atoms with van der Waals surface area (Å²) in [6.07, 6.45) is 1.63. The van der Waals surface area contributed by atoms with Crippen LogP contribution < -0.4 is 20.1 Å². The van der Waals surface area contributed by atoms with Crippen molar-refractivity contribution in [1.29, 1.82) is 0 Å². The number of hydrogen-bond donors (Lipinski definition) is 2. The number of carbonyl (C=O) groups excluding carboxylic acids is 1. The predicted octanol–water partition coefficient (Wildman–Crippen LogP) is 5.06. The van der Waals surface area contributed by atoms with Crippen LogP contribution in [0.15, 0.2) is 54.7 Å². The number of hydrogen-bond acceptors (Lipinski definition) is 5. The maximum atomic E-state index is 12.5. The first-order valence-corrected chi connectivity index (χ1v) is 8.90. The molecule has 0 unspecified atom stereocenters. The smallest absolute Gasteiger partial charge is 0.257 e. The molecule has 6 nitrogen and oxygen atoms in total. The summed E-state index contributed by atoms with van der Waals surface area (Å²) >= 11 is 6.14. The molecule has 0 aliphatic heterocycles. The van der Waals surface area contributed by atoms with Gasteiger partial charge in [-0.3, -0.25) is 4.79 Å². The first-order chi connectivity index (χ1) is 13.5. The van der Waals surface area contributed by atoms with Gasteiger partial charge in [0.2, 0.25) is 0 Å². The molecular weight excluding hydrogens is 378 g/mol. The standard InChI is InChI=1S/C21H20ClN3O3/c1-13-4-5-15(10-19(13)22)24-16-6-7-20(23-12-16)25-21(26)14-8-17(27-2)11-18(9-14)28-3/h4-12,24H,1-3H3,(H,23,25,26). The van der Waals surface area contributed by atoms with Gasteiger partial charge >= 0.3 is 0 Å². The van der Waals surface area contributed by atoms with Crippen molar-refractivity contribution in [2.75, 3.05) is 24.9 Å². The number of amides is 1. The molecule has 0 bridgehead atoms. The van der Waals surface area contributed by atoms with E-state index >= 15 is 0 Å². The van der Waals surface area contributed by atoms with Crippen LogP contribution in [0.5, 0.6) is 11.5 Å². The molecule has 0 saturated heterocycles. The van der Waals surface area contributed by atoms with Crippen LogP contribution in [0.25, 0.3) is 0 Å². The van der Waals surface area contributed by atoms with Crippen LogP contribution >= 0.6 is 11.6 Å². The second-order valence-corrected chi connectivity index (χ2v) is 6.48. The minimum Gasteiger partial charge on any atom is -0.497 e. The fourth-order valence-electron chi connectivity index (χ4n) is 2.51. The summed E-state index contributed by atoms with van der Waals surface area (Å²) < 4.78 is 10.4. The number of anilines is 3. The molecule has 144 valence electrons. The van der Waals surface area contributed by atoms with E-state index in [1.54, 1.807) is 30.5 Å². The number of nitrogens with zero attached hydrogens (tertiary/aromatic N) is 1. The van der Waals surface area contributed by atoms with E-state index in [0.717, 1.165) is 16.9 Å². The van der Waals surface area contributed by atoms with Gasteiger partial charge in [-0.2, -0.15) is 0 Å². The number of halogens is 1. The highest BCUT2D eigenvalue weighted by atomic mass is 35.5. The molecule has 0 fully saturated rings. The molecule has 0 radical (unpaired) electrons. The van der Waals surface area contributed by atoms with E-state index in [9.17, 15) is 4.79 Å². The monoisotopic (exact) mass is 397 g/mol. The topological polar surface area (TPSA) is 72.5 Å².